The second kappa shape index (κ2) is 10.2. The minimum Gasteiger partial charge on any atom is -0.463 e. The molecule has 0 unspecified atom stereocenters. The molecule has 1 aromatic carbocycles. The van der Waals surface area contributed by atoms with Crippen LogP contribution in [0.4, 0.5) is 0 Å². The monoisotopic (exact) mass is 396 g/mol. The van der Waals surface area contributed by atoms with Crippen molar-refractivity contribution in [3.8, 4) is 0 Å². The number of hydrogen-bond donors (Lipinski definition) is 1. The highest BCUT2D eigenvalue weighted by Gasteiger charge is 2.50. The van der Waals surface area contributed by atoms with E-state index in [1.54, 1.807) is 0 Å². The van der Waals surface area contributed by atoms with Crippen LogP contribution in [0.1, 0.15) is 26.3 Å². The Hall–Kier alpha value is -2.49. The van der Waals surface area contributed by atoms with E-state index >= 15 is 0 Å². The van der Waals surface area contributed by atoms with E-state index in [1.165, 1.54) is 20.8 Å². The third kappa shape index (κ3) is 6.29. The van der Waals surface area contributed by atoms with E-state index in [2.05, 4.69) is 0 Å². The molecule has 5 atom stereocenters. The molecule has 0 saturated carbocycles. The summed E-state index contributed by atoms with van der Waals surface area (Å²) < 4.78 is 26.7. The summed E-state index contributed by atoms with van der Waals surface area (Å²) in [6.45, 7) is 3.41. The first-order valence-electron chi connectivity index (χ1n) is 8.74. The Labute approximate surface area is 162 Å². The molecule has 9 nitrogen and oxygen atoms in total. The fraction of sp³-hybridized carbons (Fsp3) is 0.526. The van der Waals surface area contributed by atoms with Crippen LogP contribution in [-0.2, 0) is 44.7 Å². The zero-order chi connectivity index (χ0) is 20.7. The van der Waals surface area contributed by atoms with Crippen LogP contribution >= 0.6 is 0 Å². The van der Waals surface area contributed by atoms with Gasteiger partial charge in [-0.05, 0) is 5.56 Å². The number of rotatable bonds is 7. The van der Waals surface area contributed by atoms with Gasteiger partial charge in [-0.15, -0.1) is 0 Å². The summed E-state index contributed by atoms with van der Waals surface area (Å²) >= 11 is 0. The molecule has 2 rings (SSSR count). The first kappa shape index (κ1) is 21.8. The predicted molar refractivity (Wildman–Crippen MR) is 93.6 cm³/mol. The molecule has 0 aromatic heterocycles. The zero-order valence-electron chi connectivity index (χ0n) is 15.9. The van der Waals surface area contributed by atoms with E-state index in [-0.39, 0.29) is 13.2 Å². The van der Waals surface area contributed by atoms with Gasteiger partial charge in [0.25, 0.3) is 0 Å². The Balaban J connectivity index is 2.26. The van der Waals surface area contributed by atoms with Crippen molar-refractivity contribution in [1.29, 1.82) is 0 Å². The lowest BCUT2D eigenvalue weighted by atomic mass is 9.98. The summed E-state index contributed by atoms with van der Waals surface area (Å²) in [5.41, 5.74) is 0.822. The van der Waals surface area contributed by atoms with Gasteiger partial charge >= 0.3 is 17.9 Å². The van der Waals surface area contributed by atoms with Crippen molar-refractivity contribution in [2.75, 3.05) is 6.61 Å². The van der Waals surface area contributed by atoms with Gasteiger partial charge in [0, 0.05) is 20.8 Å². The van der Waals surface area contributed by atoms with Crippen molar-refractivity contribution >= 4 is 17.9 Å². The number of carbonyl (C=O) groups excluding carboxylic acids is 3. The average molecular weight is 396 g/mol. The molecular formula is C19H24O9. The number of aliphatic hydroxyl groups excluding tert-OH is 1. The number of hydrogen-bond acceptors (Lipinski definition) is 9. The van der Waals surface area contributed by atoms with Gasteiger partial charge in [0.15, 0.2) is 18.5 Å². The number of carbonyl (C=O) groups is 3. The third-order valence-electron chi connectivity index (χ3n) is 3.95. The first-order valence-corrected chi connectivity index (χ1v) is 8.74. The maximum atomic E-state index is 11.6. The maximum absolute atomic E-state index is 11.6. The largest absolute Gasteiger partial charge is 0.463 e. The maximum Gasteiger partial charge on any atom is 0.303 e. The Morgan fingerprint density at radius 3 is 2.11 bits per heavy atom. The van der Waals surface area contributed by atoms with Crippen molar-refractivity contribution in [2.45, 2.75) is 58.1 Å². The summed E-state index contributed by atoms with van der Waals surface area (Å²) in [7, 11) is 0. The quantitative estimate of drug-likeness (QED) is 0.525. The van der Waals surface area contributed by atoms with E-state index in [9.17, 15) is 19.5 Å². The van der Waals surface area contributed by atoms with Crippen LogP contribution in [0.2, 0.25) is 0 Å². The topological polar surface area (TPSA) is 118 Å². The molecule has 0 amide bonds. The molecule has 1 heterocycles. The average Bonchev–Trinajstić information content (AvgIpc) is 2.62. The number of aliphatic hydroxyl groups is 1. The Morgan fingerprint density at radius 2 is 1.54 bits per heavy atom. The van der Waals surface area contributed by atoms with Crippen LogP contribution in [-0.4, -0.2) is 60.3 Å². The van der Waals surface area contributed by atoms with Crippen LogP contribution in [0.3, 0.4) is 0 Å². The van der Waals surface area contributed by atoms with E-state index in [0.717, 1.165) is 5.56 Å². The predicted octanol–water partition coefficient (Wildman–Crippen LogP) is 0.715. The molecule has 1 N–H and O–H groups in total. The molecule has 1 aliphatic heterocycles. The third-order valence-corrected chi connectivity index (χ3v) is 3.95. The van der Waals surface area contributed by atoms with Crippen molar-refractivity contribution in [3.63, 3.8) is 0 Å². The number of benzene rings is 1. The van der Waals surface area contributed by atoms with E-state index in [1.807, 2.05) is 30.3 Å². The summed E-state index contributed by atoms with van der Waals surface area (Å²) in [6.07, 6.45) is -5.92. The highest BCUT2D eigenvalue weighted by molar-refractivity contribution is 5.67. The van der Waals surface area contributed by atoms with Crippen LogP contribution in [0.25, 0.3) is 0 Å². The molecule has 1 fully saturated rings. The van der Waals surface area contributed by atoms with Crippen molar-refractivity contribution in [1.82, 2.24) is 0 Å². The molecule has 154 valence electrons. The molecule has 1 aromatic rings. The second-order valence-electron chi connectivity index (χ2n) is 6.28. The van der Waals surface area contributed by atoms with Gasteiger partial charge in [0.05, 0.1) is 6.61 Å². The molecule has 0 aliphatic carbocycles. The molecule has 1 saturated heterocycles. The van der Waals surface area contributed by atoms with Crippen LogP contribution in [0.5, 0.6) is 0 Å². The first-order chi connectivity index (χ1) is 13.3. The minimum absolute atomic E-state index is 0.105. The van der Waals surface area contributed by atoms with Gasteiger partial charge in [-0.1, -0.05) is 30.3 Å². The Bertz CT molecular complexity index is 675. The molecule has 0 radical (unpaired) electrons. The Kier molecular flexibility index (Phi) is 7.91. The summed E-state index contributed by atoms with van der Waals surface area (Å²) in [4.78, 5) is 34.2. The minimum atomic E-state index is -1.56. The summed E-state index contributed by atoms with van der Waals surface area (Å²) in [5, 5.41) is 10.3. The lowest BCUT2D eigenvalue weighted by Gasteiger charge is -2.43. The molecular weight excluding hydrogens is 372 g/mol. The number of ether oxygens (including phenoxy) is 5. The fourth-order valence-electron chi connectivity index (χ4n) is 2.84. The van der Waals surface area contributed by atoms with Crippen molar-refractivity contribution in [3.05, 3.63) is 35.9 Å². The SMILES string of the molecule is CC(=O)OC[C@H]1O[C@H](O)[C@@H](OC(C)=O)[C@@H](OCc2ccccc2)[C@@H]1OC(C)=O. The summed E-state index contributed by atoms with van der Waals surface area (Å²) in [5.74, 6) is -1.86. The van der Waals surface area contributed by atoms with Crippen LogP contribution < -0.4 is 0 Å². The van der Waals surface area contributed by atoms with Crippen LogP contribution in [0.15, 0.2) is 30.3 Å². The lowest BCUT2D eigenvalue weighted by molar-refractivity contribution is -0.302. The van der Waals surface area contributed by atoms with E-state index in [0.29, 0.717) is 0 Å². The van der Waals surface area contributed by atoms with Crippen LogP contribution in [0, 0.1) is 0 Å². The lowest BCUT2D eigenvalue weighted by Crippen LogP contribution is -2.62. The molecule has 28 heavy (non-hydrogen) atoms. The second-order valence-corrected chi connectivity index (χ2v) is 6.28. The molecule has 1 aliphatic rings. The molecule has 0 bridgehead atoms. The zero-order valence-corrected chi connectivity index (χ0v) is 15.9. The van der Waals surface area contributed by atoms with Gasteiger partial charge in [-0.2, -0.15) is 0 Å². The highest BCUT2D eigenvalue weighted by atomic mass is 16.7. The van der Waals surface area contributed by atoms with Gasteiger partial charge in [-0.25, -0.2) is 0 Å². The fourth-order valence-corrected chi connectivity index (χ4v) is 2.84. The molecule has 0 spiro atoms. The van der Waals surface area contributed by atoms with Gasteiger partial charge in [0.2, 0.25) is 0 Å². The van der Waals surface area contributed by atoms with Gasteiger partial charge in [0.1, 0.15) is 18.8 Å². The summed E-state index contributed by atoms with van der Waals surface area (Å²) in [6, 6.07) is 9.16. The van der Waals surface area contributed by atoms with E-state index in [4.69, 9.17) is 23.7 Å². The van der Waals surface area contributed by atoms with Gasteiger partial charge < -0.3 is 28.8 Å². The number of esters is 3. The Morgan fingerprint density at radius 1 is 0.929 bits per heavy atom. The van der Waals surface area contributed by atoms with E-state index < -0.39 is 48.6 Å². The van der Waals surface area contributed by atoms with Gasteiger partial charge in [-0.3, -0.25) is 14.4 Å². The van der Waals surface area contributed by atoms with Crippen molar-refractivity contribution in [2.24, 2.45) is 0 Å². The highest BCUT2D eigenvalue weighted by Crippen LogP contribution is 2.28. The standard InChI is InChI=1S/C19H24O9/c1-11(20)24-10-15-16(26-12(2)21)17(18(19(23)28-15)27-13(3)22)25-9-14-7-5-4-6-8-14/h4-8,15-19,23H,9-10H2,1-3H3/t15-,16-,17+,18+,19+/m1/s1. The smallest absolute Gasteiger partial charge is 0.303 e. The normalized spacial score (nSPS) is 26.9. The molecule has 9 heteroatoms. The van der Waals surface area contributed by atoms with Crippen molar-refractivity contribution < 1.29 is 43.2 Å².